The Balaban J connectivity index is 1.70. The standard InChI is InChI=1S/C22H35N5O4S/c1-25(2)10-4-7-16-6-3-9-23-19(16)21(29)27-12-11-26(22(30)31)15-18(27)20(28)24-14-17-8-5-13-32-17/h5,8,13,16,18-19,23H,3-4,6-7,9-12,14-15H2,1-2H3,(H,24,28)(H,30,31)/t16-,18+,19-/m1/s1. The molecule has 178 valence electrons. The largest absolute Gasteiger partial charge is 0.465 e. The van der Waals surface area contributed by atoms with Gasteiger partial charge < -0.3 is 30.4 Å². The third-order valence-corrected chi connectivity index (χ3v) is 7.16. The Hall–Kier alpha value is -2.17. The van der Waals surface area contributed by atoms with Crippen molar-refractivity contribution in [1.82, 2.24) is 25.3 Å². The zero-order valence-corrected chi connectivity index (χ0v) is 19.8. The summed E-state index contributed by atoms with van der Waals surface area (Å²) in [5, 5.41) is 17.7. The van der Waals surface area contributed by atoms with E-state index in [-0.39, 0.29) is 43.4 Å². The van der Waals surface area contributed by atoms with E-state index in [4.69, 9.17) is 0 Å². The molecule has 0 aliphatic carbocycles. The highest BCUT2D eigenvalue weighted by atomic mass is 32.1. The second kappa shape index (κ2) is 11.6. The van der Waals surface area contributed by atoms with E-state index in [1.54, 1.807) is 16.2 Å². The maximum absolute atomic E-state index is 13.6. The molecule has 3 rings (SSSR count). The summed E-state index contributed by atoms with van der Waals surface area (Å²) in [6.07, 6.45) is 2.92. The van der Waals surface area contributed by atoms with Crippen molar-refractivity contribution in [3.05, 3.63) is 22.4 Å². The van der Waals surface area contributed by atoms with Crippen molar-refractivity contribution >= 4 is 29.2 Å². The van der Waals surface area contributed by atoms with E-state index >= 15 is 0 Å². The lowest BCUT2D eigenvalue weighted by Crippen LogP contribution is -2.65. The van der Waals surface area contributed by atoms with Gasteiger partial charge in [0.25, 0.3) is 0 Å². The number of piperazine rings is 1. The number of piperidine rings is 1. The molecule has 2 saturated heterocycles. The molecule has 1 aromatic heterocycles. The quantitative estimate of drug-likeness (QED) is 0.534. The van der Waals surface area contributed by atoms with Gasteiger partial charge in [-0.1, -0.05) is 6.07 Å². The first kappa shape index (κ1) is 24.5. The molecular weight excluding hydrogens is 430 g/mol. The summed E-state index contributed by atoms with van der Waals surface area (Å²) in [6.45, 7) is 2.57. The molecule has 0 spiro atoms. The molecular formula is C22H35N5O4S. The summed E-state index contributed by atoms with van der Waals surface area (Å²) in [5.41, 5.74) is 0. The molecule has 9 nitrogen and oxygen atoms in total. The Morgan fingerprint density at radius 2 is 2.12 bits per heavy atom. The van der Waals surface area contributed by atoms with Crippen LogP contribution < -0.4 is 10.6 Å². The molecule has 3 amide bonds. The zero-order valence-electron chi connectivity index (χ0n) is 19.0. The Labute approximate surface area is 193 Å². The van der Waals surface area contributed by atoms with Crippen LogP contribution in [0, 0.1) is 5.92 Å². The van der Waals surface area contributed by atoms with Crippen molar-refractivity contribution in [3.8, 4) is 0 Å². The fourth-order valence-corrected chi connectivity index (χ4v) is 5.20. The van der Waals surface area contributed by atoms with Crippen LogP contribution in [-0.2, 0) is 16.1 Å². The number of amides is 3. The van der Waals surface area contributed by atoms with Crippen molar-refractivity contribution in [2.75, 3.05) is 46.8 Å². The lowest BCUT2D eigenvalue weighted by Gasteiger charge is -2.43. The van der Waals surface area contributed by atoms with Gasteiger partial charge in [-0.25, -0.2) is 4.79 Å². The zero-order chi connectivity index (χ0) is 23.1. The van der Waals surface area contributed by atoms with Gasteiger partial charge in [-0.3, -0.25) is 9.59 Å². The molecule has 32 heavy (non-hydrogen) atoms. The highest BCUT2D eigenvalue weighted by molar-refractivity contribution is 7.09. The summed E-state index contributed by atoms with van der Waals surface area (Å²) in [6, 6.07) is 2.70. The number of carboxylic acid groups (broad SMARTS) is 1. The monoisotopic (exact) mass is 465 g/mol. The fourth-order valence-electron chi connectivity index (χ4n) is 4.55. The van der Waals surface area contributed by atoms with Gasteiger partial charge in [-0.15, -0.1) is 11.3 Å². The number of rotatable bonds is 8. The van der Waals surface area contributed by atoms with Crippen molar-refractivity contribution in [1.29, 1.82) is 0 Å². The van der Waals surface area contributed by atoms with Crippen LogP contribution in [0.3, 0.4) is 0 Å². The lowest BCUT2D eigenvalue weighted by atomic mass is 9.85. The van der Waals surface area contributed by atoms with Gasteiger partial charge in [-0.05, 0) is 70.2 Å². The third kappa shape index (κ3) is 6.43. The number of carbonyl (C=O) groups is 3. The molecule has 3 heterocycles. The molecule has 1 aromatic rings. The third-order valence-electron chi connectivity index (χ3n) is 6.29. The second-order valence-corrected chi connectivity index (χ2v) is 9.89. The first-order valence-corrected chi connectivity index (χ1v) is 12.2. The van der Waals surface area contributed by atoms with E-state index in [0.717, 1.165) is 43.6 Å². The molecule has 0 bridgehead atoms. The van der Waals surface area contributed by atoms with E-state index in [9.17, 15) is 19.5 Å². The first-order valence-electron chi connectivity index (χ1n) is 11.3. The van der Waals surface area contributed by atoms with E-state index in [0.29, 0.717) is 6.54 Å². The van der Waals surface area contributed by atoms with E-state index < -0.39 is 12.1 Å². The van der Waals surface area contributed by atoms with Crippen LogP contribution in [0.5, 0.6) is 0 Å². The summed E-state index contributed by atoms with van der Waals surface area (Å²) < 4.78 is 0. The molecule has 2 aliphatic rings. The summed E-state index contributed by atoms with van der Waals surface area (Å²) >= 11 is 1.54. The van der Waals surface area contributed by atoms with Crippen LogP contribution in [0.25, 0.3) is 0 Å². The van der Waals surface area contributed by atoms with Crippen LogP contribution in [0.15, 0.2) is 17.5 Å². The summed E-state index contributed by atoms with van der Waals surface area (Å²) in [5.74, 6) is -0.165. The molecule has 2 fully saturated rings. The molecule has 10 heteroatoms. The van der Waals surface area contributed by atoms with Crippen molar-refractivity contribution in [2.45, 2.75) is 44.3 Å². The van der Waals surface area contributed by atoms with E-state index in [1.807, 2.05) is 31.6 Å². The Morgan fingerprint density at radius 1 is 1.31 bits per heavy atom. The maximum Gasteiger partial charge on any atom is 0.407 e. The average molecular weight is 466 g/mol. The van der Waals surface area contributed by atoms with Crippen LogP contribution >= 0.6 is 11.3 Å². The SMILES string of the molecule is CN(C)CCC[C@H]1CCCN[C@H]1C(=O)N1CCN(C(=O)O)C[C@H]1C(=O)NCc1cccs1. The Kier molecular flexibility index (Phi) is 8.89. The smallest absolute Gasteiger partial charge is 0.407 e. The molecule has 2 aliphatic heterocycles. The minimum atomic E-state index is -1.06. The number of hydrogen-bond donors (Lipinski definition) is 3. The number of carbonyl (C=O) groups excluding carboxylic acids is 2. The summed E-state index contributed by atoms with van der Waals surface area (Å²) in [7, 11) is 4.09. The van der Waals surface area contributed by atoms with Crippen molar-refractivity contribution in [2.24, 2.45) is 5.92 Å². The average Bonchev–Trinajstić information content (AvgIpc) is 3.30. The fraction of sp³-hybridized carbons (Fsp3) is 0.682. The van der Waals surface area contributed by atoms with Crippen molar-refractivity contribution in [3.63, 3.8) is 0 Å². The Morgan fingerprint density at radius 3 is 2.81 bits per heavy atom. The predicted octanol–water partition coefficient (Wildman–Crippen LogP) is 1.27. The number of thiophene rings is 1. The minimum Gasteiger partial charge on any atom is -0.465 e. The van der Waals surface area contributed by atoms with E-state index in [1.165, 1.54) is 4.90 Å². The highest BCUT2D eigenvalue weighted by Gasteiger charge is 2.41. The van der Waals surface area contributed by atoms with Crippen LogP contribution in [0.1, 0.15) is 30.6 Å². The van der Waals surface area contributed by atoms with Crippen LogP contribution in [0.4, 0.5) is 4.79 Å². The number of nitrogens with one attached hydrogen (secondary N) is 2. The minimum absolute atomic E-state index is 0.00460. The van der Waals surface area contributed by atoms with Crippen LogP contribution in [-0.4, -0.2) is 96.6 Å². The van der Waals surface area contributed by atoms with Gasteiger partial charge in [0, 0.05) is 18.0 Å². The van der Waals surface area contributed by atoms with Gasteiger partial charge >= 0.3 is 6.09 Å². The van der Waals surface area contributed by atoms with Crippen LogP contribution in [0.2, 0.25) is 0 Å². The maximum atomic E-state index is 13.6. The van der Waals surface area contributed by atoms with E-state index in [2.05, 4.69) is 15.5 Å². The highest BCUT2D eigenvalue weighted by Crippen LogP contribution is 2.25. The lowest BCUT2D eigenvalue weighted by molar-refractivity contribution is -0.146. The van der Waals surface area contributed by atoms with Gasteiger partial charge in [0.1, 0.15) is 6.04 Å². The van der Waals surface area contributed by atoms with Gasteiger partial charge in [0.05, 0.1) is 19.1 Å². The molecule has 0 aromatic carbocycles. The molecule has 0 radical (unpaired) electrons. The second-order valence-electron chi connectivity index (χ2n) is 8.85. The number of hydrogen-bond acceptors (Lipinski definition) is 6. The Bertz CT molecular complexity index is 772. The van der Waals surface area contributed by atoms with Crippen molar-refractivity contribution < 1.29 is 19.5 Å². The first-order chi connectivity index (χ1) is 15.4. The predicted molar refractivity (Wildman–Crippen MR) is 124 cm³/mol. The topological polar surface area (TPSA) is 105 Å². The summed E-state index contributed by atoms with van der Waals surface area (Å²) in [4.78, 5) is 44.2. The van der Waals surface area contributed by atoms with Gasteiger partial charge in [-0.2, -0.15) is 0 Å². The number of nitrogens with zero attached hydrogens (tertiary/aromatic N) is 3. The van der Waals surface area contributed by atoms with Gasteiger partial charge in [0.15, 0.2) is 0 Å². The normalized spacial score (nSPS) is 23.9. The molecule has 3 atom stereocenters. The van der Waals surface area contributed by atoms with Gasteiger partial charge in [0.2, 0.25) is 11.8 Å². The molecule has 3 N–H and O–H groups in total. The molecule has 0 saturated carbocycles. The molecule has 0 unspecified atom stereocenters.